The molecule has 1 fully saturated rings. The number of hydrogen-bond donors (Lipinski definition) is 4. The first kappa shape index (κ1) is 13.9. The summed E-state index contributed by atoms with van der Waals surface area (Å²) in [6, 6.07) is -0.479. The maximum atomic E-state index is 9.75. The van der Waals surface area contributed by atoms with Crippen LogP contribution in [0.2, 0.25) is 0 Å². The molecule has 0 radical (unpaired) electrons. The predicted octanol–water partition coefficient (Wildman–Crippen LogP) is -1.21. The van der Waals surface area contributed by atoms with E-state index < -0.39 is 24.4 Å². The molecule has 4 N–H and O–H groups in total. The number of aliphatic hydroxyl groups is 4. The highest BCUT2D eigenvalue weighted by Crippen LogP contribution is 2.20. The number of hydrogen-bond acceptors (Lipinski definition) is 5. The Hall–Kier alpha value is -0.200. The summed E-state index contributed by atoms with van der Waals surface area (Å²) in [5.74, 6) is 0.434. The molecule has 5 heteroatoms. The Morgan fingerprint density at radius 2 is 1.88 bits per heavy atom. The van der Waals surface area contributed by atoms with Crippen molar-refractivity contribution in [2.24, 2.45) is 5.92 Å². The van der Waals surface area contributed by atoms with Gasteiger partial charge in [-0.15, -0.1) is 0 Å². The Kier molecular flexibility index (Phi) is 5.14. The second kappa shape index (κ2) is 5.93. The van der Waals surface area contributed by atoms with Gasteiger partial charge in [0.05, 0.1) is 18.8 Å². The van der Waals surface area contributed by atoms with Crippen molar-refractivity contribution in [3.8, 4) is 0 Å². The third-order valence-electron chi connectivity index (χ3n) is 3.46. The Morgan fingerprint density at radius 1 is 1.25 bits per heavy atom. The van der Waals surface area contributed by atoms with E-state index in [9.17, 15) is 20.4 Å². The zero-order valence-electron chi connectivity index (χ0n) is 9.95. The Balaban J connectivity index is 2.67. The summed E-state index contributed by atoms with van der Waals surface area (Å²) >= 11 is 0. The summed E-state index contributed by atoms with van der Waals surface area (Å²) in [7, 11) is 0. The van der Waals surface area contributed by atoms with Crippen molar-refractivity contribution in [3.05, 3.63) is 0 Å². The largest absolute Gasteiger partial charge is 0.395 e. The van der Waals surface area contributed by atoms with Crippen LogP contribution in [0.15, 0.2) is 0 Å². The van der Waals surface area contributed by atoms with Crippen LogP contribution in [-0.4, -0.2) is 69.4 Å². The second-order valence-electron chi connectivity index (χ2n) is 4.77. The fourth-order valence-corrected chi connectivity index (χ4v) is 2.12. The van der Waals surface area contributed by atoms with Gasteiger partial charge in [0, 0.05) is 13.1 Å². The first-order valence-corrected chi connectivity index (χ1v) is 5.90. The molecule has 0 aromatic rings. The minimum atomic E-state index is -1.16. The van der Waals surface area contributed by atoms with Gasteiger partial charge < -0.3 is 20.4 Å². The maximum absolute atomic E-state index is 9.75. The smallest absolute Gasteiger partial charge is 0.109 e. The molecule has 0 aliphatic carbocycles. The van der Waals surface area contributed by atoms with Crippen LogP contribution < -0.4 is 0 Å². The topological polar surface area (TPSA) is 84.2 Å². The van der Waals surface area contributed by atoms with E-state index >= 15 is 0 Å². The van der Waals surface area contributed by atoms with Gasteiger partial charge >= 0.3 is 0 Å². The van der Waals surface area contributed by atoms with Crippen molar-refractivity contribution in [2.45, 2.75) is 44.6 Å². The van der Waals surface area contributed by atoms with Gasteiger partial charge in [-0.25, -0.2) is 0 Å². The first-order chi connectivity index (χ1) is 7.51. The molecule has 96 valence electrons. The highest BCUT2D eigenvalue weighted by atomic mass is 16.4. The zero-order chi connectivity index (χ0) is 12.3. The average molecular weight is 233 g/mol. The van der Waals surface area contributed by atoms with Gasteiger partial charge in [-0.2, -0.15) is 0 Å². The molecule has 0 aromatic carbocycles. The summed E-state index contributed by atoms with van der Waals surface area (Å²) in [6.07, 6.45) is -2.19. The molecule has 1 saturated heterocycles. The van der Waals surface area contributed by atoms with Crippen LogP contribution in [0, 0.1) is 5.92 Å². The van der Waals surface area contributed by atoms with Crippen LogP contribution in [0.1, 0.15) is 20.3 Å². The summed E-state index contributed by atoms with van der Waals surface area (Å²) < 4.78 is 0. The van der Waals surface area contributed by atoms with Crippen LogP contribution >= 0.6 is 0 Å². The van der Waals surface area contributed by atoms with Crippen molar-refractivity contribution in [3.63, 3.8) is 0 Å². The average Bonchev–Trinajstić information content (AvgIpc) is 2.26. The van der Waals surface area contributed by atoms with Gasteiger partial charge in [0.2, 0.25) is 0 Å². The minimum absolute atomic E-state index is 0.207. The van der Waals surface area contributed by atoms with E-state index in [-0.39, 0.29) is 6.61 Å². The van der Waals surface area contributed by atoms with Crippen LogP contribution in [0.25, 0.3) is 0 Å². The molecule has 1 unspecified atom stereocenters. The monoisotopic (exact) mass is 233 g/mol. The number of rotatable bonds is 4. The van der Waals surface area contributed by atoms with Crippen LogP contribution in [0.4, 0.5) is 0 Å². The van der Waals surface area contributed by atoms with E-state index in [0.717, 1.165) is 6.42 Å². The molecular weight excluding hydrogens is 210 g/mol. The molecule has 1 heterocycles. The molecule has 1 aliphatic heterocycles. The van der Waals surface area contributed by atoms with E-state index in [4.69, 9.17) is 0 Å². The lowest BCUT2D eigenvalue weighted by Crippen LogP contribution is -2.63. The van der Waals surface area contributed by atoms with Crippen molar-refractivity contribution in [2.75, 3.05) is 19.7 Å². The number of piperidine rings is 1. The van der Waals surface area contributed by atoms with Crippen molar-refractivity contribution in [1.29, 1.82) is 0 Å². The molecule has 1 aliphatic rings. The Morgan fingerprint density at radius 3 is 2.38 bits per heavy atom. The molecule has 5 atom stereocenters. The summed E-state index contributed by atoms with van der Waals surface area (Å²) in [6.45, 7) is 4.96. The fraction of sp³-hybridized carbons (Fsp3) is 1.00. The molecule has 5 nitrogen and oxygen atoms in total. The van der Waals surface area contributed by atoms with Gasteiger partial charge in [0.25, 0.3) is 0 Å². The van der Waals surface area contributed by atoms with E-state index in [0.29, 0.717) is 19.0 Å². The standard InChI is InChI=1S/C11H23NO4/c1-3-7(2)4-12-5-9(14)11(16)10(15)8(12)6-13/h7-11,13-16H,3-6H2,1-2H3/t7?,8-,9+,10-,11-/m1/s1. The summed E-state index contributed by atoms with van der Waals surface area (Å²) in [5.41, 5.74) is 0. The van der Waals surface area contributed by atoms with Gasteiger partial charge in [-0.05, 0) is 5.92 Å². The normalized spacial score (nSPS) is 38.6. The summed E-state index contributed by atoms with van der Waals surface area (Å²) in [4.78, 5) is 1.86. The lowest BCUT2D eigenvalue weighted by molar-refractivity contribution is -0.147. The van der Waals surface area contributed by atoms with Gasteiger partial charge in [-0.1, -0.05) is 20.3 Å². The SMILES string of the molecule is CCC(C)CN1C[C@H](O)[C@@H](O)[C@H](O)[C@H]1CO. The van der Waals surface area contributed by atoms with E-state index in [1.807, 2.05) is 4.90 Å². The number of nitrogens with zero attached hydrogens (tertiary/aromatic N) is 1. The van der Waals surface area contributed by atoms with E-state index in [1.54, 1.807) is 0 Å². The second-order valence-corrected chi connectivity index (χ2v) is 4.77. The molecule has 0 spiro atoms. The Labute approximate surface area is 96.3 Å². The molecule has 16 heavy (non-hydrogen) atoms. The van der Waals surface area contributed by atoms with E-state index in [2.05, 4.69) is 13.8 Å². The van der Waals surface area contributed by atoms with Crippen molar-refractivity contribution < 1.29 is 20.4 Å². The van der Waals surface area contributed by atoms with E-state index in [1.165, 1.54) is 0 Å². The number of likely N-dealkylation sites (tertiary alicyclic amines) is 1. The zero-order valence-corrected chi connectivity index (χ0v) is 9.95. The minimum Gasteiger partial charge on any atom is -0.395 e. The molecule has 0 amide bonds. The molecule has 0 aromatic heterocycles. The molecule has 0 bridgehead atoms. The highest BCUT2D eigenvalue weighted by molar-refractivity contribution is 4.94. The lowest BCUT2D eigenvalue weighted by atomic mass is 9.93. The molecule has 0 saturated carbocycles. The first-order valence-electron chi connectivity index (χ1n) is 5.90. The third-order valence-corrected chi connectivity index (χ3v) is 3.46. The van der Waals surface area contributed by atoms with Gasteiger partial charge in [0.15, 0.2) is 0 Å². The summed E-state index contributed by atoms with van der Waals surface area (Å²) in [5, 5.41) is 38.1. The quantitative estimate of drug-likeness (QED) is 0.490. The highest BCUT2D eigenvalue weighted by Gasteiger charge is 2.40. The third kappa shape index (κ3) is 2.93. The Bertz CT molecular complexity index is 212. The maximum Gasteiger partial charge on any atom is 0.109 e. The fourth-order valence-electron chi connectivity index (χ4n) is 2.12. The molecular formula is C11H23NO4. The van der Waals surface area contributed by atoms with Gasteiger partial charge in [0.1, 0.15) is 12.2 Å². The van der Waals surface area contributed by atoms with Crippen LogP contribution in [0.3, 0.4) is 0 Å². The number of β-amino-alcohol motifs (C(OH)–C–C–N with tert-alkyl or cyclic N) is 1. The van der Waals surface area contributed by atoms with Crippen molar-refractivity contribution in [1.82, 2.24) is 4.90 Å². The molecule has 1 rings (SSSR count). The van der Waals surface area contributed by atoms with Crippen LogP contribution in [0.5, 0.6) is 0 Å². The predicted molar refractivity (Wildman–Crippen MR) is 59.9 cm³/mol. The lowest BCUT2D eigenvalue weighted by Gasteiger charge is -2.43. The van der Waals surface area contributed by atoms with Gasteiger partial charge in [-0.3, -0.25) is 4.90 Å². The van der Waals surface area contributed by atoms with Crippen molar-refractivity contribution >= 4 is 0 Å². The van der Waals surface area contributed by atoms with Crippen LogP contribution in [-0.2, 0) is 0 Å². The number of aliphatic hydroxyl groups excluding tert-OH is 4.